The molecular weight excluding hydrogens is 526 g/mol. The molecule has 0 bridgehead atoms. The average molecular weight is 560 g/mol. The number of carbonyl (C=O) groups excluding carboxylic acids is 2. The van der Waals surface area contributed by atoms with Gasteiger partial charge in [0, 0.05) is 6.42 Å². The van der Waals surface area contributed by atoms with Crippen LogP contribution in [0.2, 0.25) is 0 Å². The number of ether oxygens (including phenoxy) is 4. The highest BCUT2D eigenvalue weighted by Crippen LogP contribution is 2.35. The molecule has 1 aliphatic rings. The largest absolute Gasteiger partial charge is 0.476 e. The van der Waals surface area contributed by atoms with E-state index in [1.54, 1.807) is 35.2 Å². The molecular formula is C30H33N5O6. The first-order valence-corrected chi connectivity index (χ1v) is 13.5. The van der Waals surface area contributed by atoms with Crippen molar-refractivity contribution in [2.24, 2.45) is 5.92 Å². The maximum atomic E-state index is 13.0. The van der Waals surface area contributed by atoms with E-state index in [0.29, 0.717) is 28.9 Å². The van der Waals surface area contributed by atoms with E-state index in [4.69, 9.17) is 24.7 Å². The first kappa shape index (κ1) is 28.0. The minimum Gasteiger partial charge on any atom is -0.476 e. The lowest BCUT2D eigenvalue weighted by Crippen LogP contribution is -2.32. The van der Waals surface area contributed by atoms with Crippen LogP contribution in [-0.4, -0.2) is 56.9 Å². The van der Waals surface area contributed by atoms with E-state index in [1.807, 2.05) is 52.0 Å². The third-order valence-corrected chi connectivity index (χ3v) is 6.66. The van der Waals surface area contributed by atoms with E-state index in [2.05, 4.69) is 15.0 Å². The molecule has 0 amide bonds. The molecule has 0 saturated carbocycles. The summed E-state index contributed by atoms with van der Waals surface area (Å²) in [6.45, 7) is 8.23. The number of hydrogen-bond donors (Lipinski definition) is 1. The minimum atomic E-state index is -0.739. The van der Waals surface area contributed by atoms with Gasteiger partial charge in [-0.2, -0.15) is 9.97 Å². The number of carbonyl (C=O) groups is 2. The Labute approximate surface area is 237 Å². The van der Waals surface area contributed by atoms with Crippen molar-refractivity contribution in [3.8, 4) is 5.88 Å². The fourth-order valence-corrected chi connectivity index (χ4v) is 4.43. The molecule has 3 atom stereocenters. The van der Waals surface area contributed by atoms with Gasteiger partial charge in [-0.25, -0.2) is 14.6 Å². The molecule has 5 rings (SSSR count). The van der Waals surface area contributed by atoms with Gasteiger partial charge in [-0.1, -0.05) is 49.2 Å². The van der Waals surface area contributed by atoms with Gasteiger partial charge in [-0.05, 0) is 44.0 Å². The molecule has 11 nitrogen and oxygen atoms in total. The topological polar surface area (TPSA) is 141 Å². The summed E-state index contributed by atoms with van der Waals surface area (Å²) in [7, 11) is 0. The van der Waals surface area contributed by atoms with Crippen LogP contribution in [0, 0.1) is 19.8 Å². The summed E-state index contributed by atoms with van der Waals surface area (Å²) in [6, 6.07) is 14.2. The third kappa shape index (κ3) is 6.46. The van der Waals surface area contributed by atoms with Crippen LogP contribution in [0.25, 0.3) is 11.2 Å². The van der Waals surface area contributed by atoms with Crippen LogP contribution in [0.4, 0.5) is 5.95 Å². The van der Waals surface area contributed by atoms with Crippen molar-refractivity contribution >= 4 is 29.1 Å². The summed E-state index contributed by atoms with van der Waals surface area (Å²) in [6.07, 6.45) is -0.260. The molecule has 1 fully saturated rings. The molecule has 3 heterocycles. The number of nitrogens with two attached hydrogens (primary N) is 1. The Hall–Kier alpha value is -4.51. The highest BCUT2D eigenvalue weighted by atomic mass is 16.6. The molecule has 1 aliphatic heterocycles. The Morgan fingerprint density at radius 1 is 1.00 bits per heavy atom. The number of nitrogens with zero attached hydrogens (tertiary/aromatic N) is 4. The highest BCUT2D eigenvalue weighted by molar-refractivity contribution is 5.90. The summed E-state index contributed by atoms with van der Waals surface area (Å²) in [4.78, 5) is 38.8. The molecule has 0 unspecified atom stereocenters. The van der Waals surface area contributed by atoms with Gasteiger partial charge < -0.3 is 24.7 Å². The van der Waals surface area contributed by atoms with Crippen LogP contribution in [0.15, 0.2) is 54.9 Å². The SMILES string of the molecule is Cc1ccc(C(=O)OC[C@H]2O[C@@H](n3cnc4c(OCC(C)C)nc(N)nc43)C[C@@H]2OC(=O)c2ccc(C)cc2)cc1. The second kappa shape index (κ2) is 11.9. The Morgan fingerprint density at radius 2 is 1.63 bits per heavy atom. The third-order valence-electron chi connectivity index (χ3n) is 6.66. The van der Waals surface area contributed by atoms with E-state index >= 15 is 0 Å². The number of nitrogen functional groups attached to an aromatic ring is 1. The lowest BCUT2D eigenvalue weighted by atomic mass is 10.1. The van der Waals surface area contributed by atoms with Gasteiger partial charge in [-0.15, -0.1) is 0 Å². The fourth-order valence-electron chi connectivity index (χ4n) is 4.43. The predicted molar refractivity (Wildman–Crippen MR) is 150 cm³/mol. The zero-order valence-electron chi connectivity index (χ0n) is 23.4. The molecule has 2 aromatic heterocycles. The Bertz CT molecular complexity index is 1530. The van der Waals surface area contributed by atoms with E-state index in [9.17, 15) is 9.59 Å². The van der Waals surface area contributed by atoms with Crippen molar-refractivity contribution < 1.29 is 28.5 Å². The predicted octanol–water partition coefficient (Wildman–Crippen LogP) is 4.43. The average Bonchev–Trinajstić information content (AvgIpc) is 3.54. The molecule has 4 aromatic rings. The normalized spacial score (nSPS) is 18.5. The number of fused-ring (bicyclic) bond motifs is 1. The Kier molecular flexibility index (Phi) is 8.16. The second-order valence-electron chi connectivity index (χ2n) is 10.6. The van der Waals surface area contributed by atoms with Crippen molar-refractivity contribution in [3.63, 3.8) is 0 Å². The van der Waals surface area contributed by atoms with E-state index in [-0.39, 0.29) is 30.8 Å². The summed E-state index contributed by atoms with van der Waals surface area (Å²) >= 11 is 0. The van der Waals surface area contributed by atoms with Gasteiger partial charge in [-0.3, -0.25) is 4.57 Å². The number of esters is 2. The fraction of sp³-hybridized carbons (Fsp3) is 0.367. The van der Waals surface area contributed by atoms with Crippen LogP contribution in [0.3, 0.4) is 0 Å². The second-order valence-corrected chi connectivity index (χ2v) is 10.6. The first-order valence-electron chi connectivity index (χ1n) is 13.5. The maximum absolute atomic E-state index is 13.0. The van der Waals surface area contributed by atoms with Gasteiger partial charge in [0.05, 0.1) is 24.1 Å². The van der Waals surface area contributed by atoms with E-state index in [1.165, 1.54) is 0 Å². The molecule has 41 heavy (non-hydrogen) atoms. The van der Waals surface area contributed by atoms with Crippen LogP contribution in [0.1, 0.15) is 58.3 Å². The van der Waals surface area contributed by atoms with Crippen molar-refractivity contribution in [3.05, 3.63) is 77.1 Å². The monoisotopic (exact) mass is 559 g/mol. The van der Waals surface area contributed by atoms with Crippen molar-refractivity contribution in [2.45, 2.75) is 52.6 Å². The summed E-state index contributed by atoms with van der Waals surface area (Å²) in [5.41, 5.74) is 9.73. The summed E-state index contributed by atoms with van der Waals surface area (Å²) in [5.74, 6) is -0.415. The smallest absolute Gasteiger partial charge is 0.338 e. The number of imidazole rings is 1. The first-order chi connectivity index (χ1) is 19.7. The Morgan fingerprint density at radius 3 is 2.27 bits per heavy atom. The maximum Gasteiger partial charge on any atom is 0.338 e. The zero-order valence-corrected chi connectivity index (χ0v) is 23.4. The van der Waals surface area contributed by atoms with Crippen molar-refractivity contribution in [1.82, 2.24) is 19.5 Å². The number of aryl methyl sites for hydroxylation is 2. The highest BCUT2D eigenvalue weighted by Gasteiger charge is 2.41. The van der Waals surface area contributed by atoms with Crippen LogP contribution >= 0.6 is 0 Å². The van der Waals surface area contributed by atoms with Gasteiger partial charge in [0.2, 0.25) is 11.8 Å². The van der Waals surface area contributed by atoms with Gasteiger partial charge in [0.1, 0.15) is 25.0 Å². The number of hydrogen-bond acceptors (Lipinski definition) is 10. The quantitative estimate of drug-likeness (QED) is 0.293. The number of aromatic nitrogens is 4. The van der Waals surface area contributed by atoms with Crippen molar-refractivity contribution in [2.75, 3.05) is 18.9 Å². The summed E-state index contributed by atoms with van der Waals surface area (Å²) < 4.78 is 25.3. The van der Waals surface area contributed by atoms with Crippen LogP contribution in [-0.2, 0) is 14.2 Å². The molecule has 0 aliphatic carbocycles. The van der Waals surface area contributed by atoms with E-state index < -0.39 is 30.4 Å². The van der Waals surface area contributed by atoms with Crippen LogP contribution < -0.4 is 10.5 Å². The lowest BCUT2D eigenvalue weighted by Gasteiger charge is -2.19. The summed E-state index contributed by atoms with van der Waals surface area (Å²) in [5, 5.41) is 0. The molecule has 0 radical (unpaired) electrons. The molecule has 214 valence electrons. The Balaban J connectivity index is 1.38. The molecule has 0 spiro atoms. The molecule has 2 N–H and O–H groups in total. The van der Waals surface area contributed by atoms with Gasteiger partial charge in [0.25, 0.3) is 0 Å². The number of benzene rings is 2. The van der Waals surface area contributed by atoms with Crippen LogP contribution in [0.5, 0.6) is 5.88 Å². The van der Waals surface area contributed by atoms with Crippen molar-refractivity contribution in [1.29, 1.82) is 0 Å². The zero-order chi connectivity index (χ0) is 29.1. The lowest BCUT2D eigenvalue weighted by molar-refractivity contribution is -0.0563. The van der Waals surface area contributed by atoms with E-state index in [0.717, 1.165) is 11.1 Å². The standard InChI is InChI=1S/C30H33N5O6/c1-17(2)14-38-27-25-26(33-30(31)34-27)35(16-32-25)24-13-22(41-29(37)21-11-7-19(4)8-12-21)23(40-24)15-39-28(36)20-9-5-18(3)6-10-20/h5-12,16-17,22-24H,13-15H2,1-4H3,(H2,31,33,34)/t22-,23+,24+/m0/s1. The number of rotatable bonds is 9. The molecule has 2 aromatic carbocycles. The molecule has 1 saturated heterocycles. The number of anilines is 1. The molecule has 11 heteroatoms. The minimum absolute atomic E-state index is 0.0296. The van der Waals surface area contributed by atoms with Gasteiger partial charge in [0.15, 0.2) is 11.2 Å². The van der Waals surface area contributed by atoms with Gasteiger partial charge >= 0.3 is 11.9 Å².